The Morgan fingerprint density at radius 3 is 2.47 bits per heavy atom. The maximum Gasteiger partial charge on any atom is 0.330 e. The number of nitrogens with zero attached hydrogens (tertiary/aromatic N) is 5. The van der Waals surface area contributed by atoms with Gasteiger partial charge in [0.15, 0.2) is 5.82 Å². The molecule has 164 valence electrons. The number of hydrogen-bond donors (Lipinski definition) is 1. The predicted octanol–water partition coefficient (Wildman–Crippen LogP) is 4.62. The van der Waals surface area contributed by atoms with Gasteiger partial charge in [0.2, 0.25) is 0 Å². The Hall–Kier alpha value is -2.39. The Kier molecular flexibility index (Phi) is 6.82. The molecule has 0 saturated heterocycles. The summed E-state index contributed by atoms with van der Waals surface area (Å²) < 4.78 is 8.12. The number of aromatic amines is 1. The minimum Gasteiger partial charge on any atom is -0.361 e. The molecule has 2 aromatic heterocycles. The van der Waals surface area contributed by atoms with Crippen LogP contribution in [-0.4, -0.2) is 58.4 Å². The van der Waals surface area contributed by atoms with Crippen LogP contribution in [0.4, 0.5) is 10.6 Å². The SMILES string of the molecule is C=C1c2c(nc(-c3cn[nH]c3)n2COCC[Si](C)(C)C)N(CCC)C(=O)N1CCC. The highest BCUT2D eigenvalue weighted by Crippen LogP contribution is 2.38. The summed E-state index contributed by atoms with van der Waals surface area (Å²) in [5, 5.41) is 6.94. The average Bonchev–Trinajstić information content (AvgIpc) is 3.33. The van der Waals surface area contributed by atoms with Gasteiger partial charge in [-0.2, -0.15) is 5.10 Å². The molecule has 0 bridgehead atoms. The number of hydrogen-bond acceptors (Lipinski definition) is 4. The number of anilines is 1. The zero-order valence-corrected chi connectivity index (χ0v) is 19.9. The van der Waals surface area contributed by atoms with Gasteiger partial charge in [-0.25, -0.2) is 9.78 Å². The van der Waals surface area contributed by atoms with Crippen LogP contribution in [0.2, 0.25) is 25.7 Å². The van der Waals surface area contributed by atoms with Crippen LogP contribution < -0.4 is 4.90 Å². The molecule has 0 spiro atoms. The van der Waals surface area contributed by atoms with Crippen molar-refractivity contribution in [2.45, 2.75) is 59.1 Å². The molecule has 8 nitrogen and oxygen atoms in total. The second-order valence-electron chi connectivity index (χ2n) is 8.90. The number of carbonyl (C=O) groups excluding carboxylic acids is 1. The van der Waals surface area contributed by atoms with E-state index in [0.29, 0.717) is 37.9 Å². The normalized spacial score (nSPS) is 14.6. The fourth-order valence-corrected chi connectivity index (χ4v) is 4.28. The van der Waals surface area contributed by atoms with Gasteiger partial charge in [0, 0.05) is 34.0 Å². The van der Waals surface area contributed by atoms with E-state index in [1.807, 2.05) is 10.8 Å². The molecular formula is C21H34N6O2Si. The highest BCUT2D eigenvalue weighted by Gasteiger charge is 2.37. The van der Waals surface area contributed by atoms with Crippen molar-refractivity contribution in [3.05, 3.63) is 24.7 Å². The Morgan fingerprint density at radius 1 is 1.17 bits per heavy atom. The van der Waals surface area contributed by atoms with Gasteiger partial charge in [-0.1, -0.05) is 40.1 Å². The molecule has 0 unspecified atom stereocenters. The summed E-state index contributed by atoms with van der Waals surface area (Å²) in [4.78, 5) is 21.5. The zero-order valence-electron chi connectivity index (χ0n) is 18.9. The van der Waals surface area contributed by atoms with Gasteiger partial charge in [0.1, 0.15) is 18.2 Å². The number of ether oxygens (including phenoxy) is 1. The van der Waals surface area contributed by atoms with E-state index in [-0.39, 0.29) is 6.03 Å². The number of amides is 2. The van der Waals surface area contributed by atoms with Crippen LogP contribution in [0.3, 0.4) is 0 Å². The fraction of sp³-hybridized carbons (Fsp3) is 0.571. The minimum absolute atomic E-state index is 0.0563. The van der Waals surface area contributed by atoms with E-state index in [9.17, 15) is 4.79 Å². The summed E-state index contributed by atoms with van der Waals surface area (Å²) in [7, 11) is -1.18. The first-order valence-electron chi connectivity index (χ1n) is 10.7. The quantitative estimate of drug-likeness (QED) is 0.441. The van der Waals surface area contributed by atoms with Crippen molar-refractivity contribution in [3.8, 4) is 11.4 Å². The lowest BCUT2D eigenvalue weighted by Gasteiger charge is -2.36. The van der Waals surface area contributed by atoms with Crippen molar-refractivity contribution in [2.75, 3.05) is 24.6 Å². The number of fused-ring (bicyclic) bond motifs is 1. The Balaban J connectivity index is 2.03. The van der Waals surface area contributed by atoms with Gasteiger partial charge in [-0.15, -0.1) is 0 Å². The maximum absolute atomic E-state index is 13.2. The second kappa shape index (κ2) is 9.17. The Bertz CT molecular complexity index is 884. The molecule has 3 heterocycles. The molecule has 1 aliphatic rings. The summed E-state index contributed by atoms with van der Waals surface area (Å²) in [6.45, 7) is 17.7. The van der Waals surface area contributed by atoms with Gasteiger partial charge < -0.3 is 4.74 Å². The first-order chi connectivity index (χ1) is 14.3. The molecule has 0 aliphatic carbocycles. The van der Waals surface area contributed by atoms with Crippen LogP contribution in [0.25, 0.3) is 17.1 Å². The van der Waals surface area contributed by atoms with Gasteiger partial charge in [-0.05, 0) is 18.9 Å². The van der Waals surface area contributed by atoms with Gasteiger partial charge in [0.25, 0.3) is 0 Å². The largest absolute Gasteiger partial charge is 0.361 e. The highest BCUT2D eigenvalue weighted by molar-refractivity contribution is 6.76. The van der Waals surface area contributed by atoms with Crippen molar-refractivity contribution < 1.29 is 9.53 Å². The van der Waals surface area contributed by atoms with Crippen molar-refractivity contribution in [1.82, 2.24) is 24.6 Å². The van der Waals surface area contributed by atoms with Crippen molar-refractivity contribution in [2.24, 2.45) is 0 Å². The predicted molar refractivity (Wildman–Crippen MR) is 123 cm³/mol. The number of imidazole rings is 1. The monoisotopic (exact) mass is 430 g/mol. The first kappa shape index (κ1) is 22.3. The van der Waals surface area contributed by atoms with Gasteiger partial charge >= 0.3 is 6.03 Å². The molecule has 2 aromatic rings. The number of urea groups is 1. The third kappa shape index (κ3) is 4.51. The average molecular weight is 431 g/mol. The number of aromatic nitrogens is 4. The van der Waals surface area contributed by atoms with Gasteiger partial charge in [-0.3, -0.25) is 19.5 Å². The second-order valence-corrected chi connectivity index (χ2v) is 14.5. The smallest absolute Gasteiger partial charge is 0.330 e. The van der Waals surface area contributed by atoms with E-state index in [0.717, 1.165) is 36.0 Å². The van der Waals surface area contributed by atoms with E-state index in [1.54, 1.807) is 16.0 Å². The lowest BCUT2D eigenvalue weighted by molar-refractivity contribution is 0.0874. The molecule has 0 fully saturated rings. The van der Waals surface area contributed by atoms with Gasteiger partial charge in [0.05, 0.1) is 17.5 Å². The highest BCUT2D eigenvalue weighted by atomic mass is 28.3. The summed E-state index contributed by atoms with van der Waals surface area (Å²) in [6, 6.07) is 1.04. The van der Waals surface area contributed by atoms with E-state index >= 15 is 0 Å². The summed E-state index contributed by atoms with van der Waals surface area (Å²) in [5.41, 5.74) is 2.39. The molecule has 0 saturated carbocycles. The van der Waals surface area contributed by atoms with Crippen LogP contribution in [0.5, 0.6) is 0 Å². The molecule has 1 aliphatic heterocycles. The van der Waals surface area contributed by atoms with E-state index in [1.165, 1.54) is 0 Å². The molecule has 3 rings (SSSR count). The molecule has 30 heavy (non-hydrogen) atoms. The van der Waals surface area contributed by atoms with Crippen LogP contribution in [0.15, 0.2) is 19.0 Å². The minimum atomic E-state index is -1.18. The van der Waals surface area contributed by atoms with Crippen LogP contribution in [0.1, 0.15) is 32.4 Å². The van der Waals surface area contributed by atoms with Crippen LogP contribution in [0, 0.1) is 0 Å². The first-order valence-corrected chi connectivity index (χ1v) is 14.4. The molecule has 0 aromatic carbocycles. The van der Waals surface area contributed by atoms with Crippen molar-refractivity contribution in [1.29, 1.82) is 0 Å². The topological polar surface area (TPSA) is 79.3 Å². The molecular weight excluding hydrogens is 396 g/mol. The van der Waals surface area contributed by atoms with Crippen molar-refractivity contribution in [3.63, 3.8) is 0 Å². The lowest BCUT2D eigenvalue weighted by Crippen LogP contribution is -2.47. The number of H-pyrrole nitrogens is 1. The Morgan fingerprint density at radius 2 is 1.87 bits per heavy atom. The summed E-state index contributed by atoms with van der Waals surface area (Å²) in [5.74, 6) is 1.39. The maximum atomic E-state index is 13.2. The molecule has 9 heteroatoms. The number of rotatable bonds is 10. The van der Waals surface area contributed by atoms with Crippen molar-refractivity contribution >= 4 is 25.6 Å². The van der Waals surface area contributed by atoms with E-state index < -0.39 is 8.07 Å². The standard InChI is InChI=1S/C21H34N6O2Si/c1-7-9-25-16(3)18-20(26(10-8-2)21(25)28)24-19(17-13-22-23-14-17)27(18)15-29-11-12-30(4,5)6/h13-14H,3,7-12,15H2,1-2,4-6H3,(H,22,23). The third-order valence-corrected chi connectivity index (χ3v) is 6.84. The van der Waals surface area contributed by atoms with E-state index in [2.05, 4.69) is 50.3 Å². The number of nitrogens with one attached hydrogen (secondary N) is 1. The summed E-state index contributed by atoms with van der Waals surface area (Å²) in [6.07, 6.45) is 5.25. The molecule has 0 radical (unpaired) electrons. The lowest BCUT2D eigenvalue weighted by atomic mass is 10.2. The van der Waals surface area contributed by atoms with E-state index in [4.69, 9.17) is 9.72 Å². The van der Waals surface area contributed by atoms with Crippen LogP contribution >= 0.6 is 0 Å². The molecule has 2 amide bonds. The zero-order chi connectivity index (χ0) is 21.9. The molecule has 0 atom stereocenters. The fourth-order valence-electron chi connectivity index (χ4n) is 3.53. The molecule has 1 N–H and O–H groups in total. The number of carbonyl (C=O) groups is 1. The van der Waals surface area contributed by atoms with Crippen LogP contribution in [-0.2, 0) is 11.5 Å². The third-order valence-electron chi connectivity index (χ3n) is 5.13. The summed E-state index contributed by atoms with van der Waals surface area (Å²) >= 11 is 0. The Labute approximate surface area is 179 Å².